The van der Waals surface area contributed by atoms with Crippen LogP contribution in [0, 0.1) is 0 Å². The van der Waals surface area contributed by atoms with Crippen LogP contribution in [0.2, 0.25) is 0 Å². The van der Waals surface area contributed by atoms with Crippen molar-refractivity contribution in [3.8, 4) is 0 Å². The average molecular weight is 345 g/mol. The molecule has 112 valence electrons. The monoisotopic (exact) mass is 344 g/mol. The van der Waals surface area contributed by atoms with Crippen molar-refractivity contribution in [2.75, 3.05) is 0 Å². The Morgan fingerprint density at radius 2 is 1.90 bits per heavy atom. The molecule has 1 aromatic carbocycles. The summed E-state index contributed by atoms with van der Waals surface area (Å²) in [6, 6.07) is 8.99. The van der Waals surface area contributed by atoms with Gasteiger partial charge in [-0.05, 0) is 42.5 Å². The quantitative estimate of drug-likeness (QED) is 0.518. The number of hydrogen-bond donors (Lipinski definition) is 0. The second kappa shape index (κ2) is 7.26. The van der Waals surface area contributed by atoms with Crippen molar-refractivity contribution in [2.45, 2.75) is 51.4 Å². The van der Waals surface area contributed by atoms with Crippen molar-refractivity contribution < 1.29 is 0 Å². The van der Waals surface area contributed by atoms with Gasteiger partial charge < -0.3 is 0 Å². The van der Waals surface area contributed by atoms with Crippen LogP contribution in [0.5, 0.6) is 0 Å². The summed E-state index contributed by atoms with van der Waals surface area (Å²) in [7, 11) is 0. The highest BCUT2D eigenvalue weighted by Crippen LogP contribution is 2.49. The molecule has 0 aliphatic heterocycles. The zero-order valence-electron chi connectivity index (χ0n) is 13.2. The summed E-state index contributed by atoms with van der Waals surface area (Å²) in [6.45, 7) is 8.38. The van der Waals surface area contributed by atoms with E-state index < -0.39 is 0 Å². The first-order valence-corrected chi connectivity index (χ1v) is 8.75. The summed E-state index contributed by atoms with van der Waals surface area (Å²) >= 11 is 3.66. The van der Waals surface area contributed by atoms with Gasteiger partial charge in [-0.3, -0.25) is 0 Å². The first kappa shape index (κ1) is 16.3. The van der Waals surface area contributed by atoms with E-state index in [2.05, 4.69) is 66.7 Å². The predicted octanol–water partition coefficient (Wildman–Crippen LogP) is 6.47. The molecule has 1 aliphatic carbocycles. The molecular weight excluding hydrogens is 320 g/mol. The molecule has 0 bridgehead atoms. The van der Waals surface area contributed by atoms with E-state index >= 15 is 0 Å². The fourth-order valence-electron chi connectivity index (χ4n) is 3.77. The maximum atomic E-state index is 3.79. The van der Waals surface area contributed by atoms with E-state index in [9.17, 15) is 0 Å². The summed E-state index contributed by atoms with van der Waals surface area (Å²) in [4.78, 5) is 0. The lowest BCUT2D eigenvalue weighted by Gasteiger charge is -2.32. The van der Waals surface area contributed by atoms with Crippen molar-refractivity contribution in [3.05, 3.63) is 70.3 Å². The highest BCUT2D eigenvalue weighted by molar-refractivity contribution is 9.11. The van der Waals surface area contributed by atoms with Crippen molar-refractivity contribution in [1.82, 2.24) is 0 Å². The Morgan fingerprint density at radius 1 is 1.24 bits per heavy atom. The number of halogens is 1. The second-order valence-corrected chi connectivity index (χ2v) is 6.79. The van der Waals surface area contributed by atoms with Gasteiger partial charge in [0.25, 0.3) is 0 Å². The van der Waals surface area contributed by atoms with Gasteiger partial charge >= 0.3 is 0 Å². The maximum Gasteiger partial charge on any atom is 0.0175 e. The maximum absolute atomic E-state index is 3.79. The first-order valence-electron chi connectivity index (χ1n) is 7.95. The van der Waals surface area contributed by atoms with Gasteiger partial charge in [-0.15, -0.1) is 0 Å². The molecule has 1 aromatic rings. The van der Waals surface area contributed by atoms with Crippen LogP contribution in [0.15, 0.2) is 59.1 Å². The Kier molecular flexibility index (Phi) is 5.64. The molecule has 21 heavy (non-hydrogen) atoms. The third-order valence-electron chi connectivity index (χ3n) is 4.47. The molecule has 0 saturated carbocycles. The lowest BCUT2D eigenvalue weighted by molar-refractivity contribution is 0.427. The zero-order valence-corrected chi connectivity index (χ0v) is 14.7. The molecule has 0 amide bonds. The number of allylic oxidation sites excluding steroid dienone is 5. The minimum Gasteiger partial charge on any atom is -0.0990 e. The highest BCUT2D eigenvalue weighted by atomic mass is 79.9. The average Bonchev–Trinajstić information content (AvgIpc) is 2.74. The molecule has 0 aromatic heterocycles. The normalized spacial score (nSPS) is 18.8. The lowest BCUT2D eigenvalue weighted by atomic mass is 9.71. The van der Waals surface area contributed by atoms with E-state index in [1.165, 1.54) is 31.2 Å². The number of rotatable bonds is 6. The molecule has 1 heteroatoms. The minimum atomic E-state index is 0.230. The number of hydrogen-bond acceptors (Lipinski definition) is 0. The first-order chi connectivity index (χ1) is 10.2. The molecule has 0 unspecified atom stereocenters. The zero-order chi connectivity index (χ0) is 15.3. The molecule has 0 N–H and O–H groups in total. The van der Waals surface area contributed by atoms with Gasteiger partial charge in [0.1, 0.15) is 0 Å². The lowest BCUT2D eigenvalue weighted by Crippen LogP contribution is -2.25. The van der Waals surface area contributed by atoms with Gasteiger partial charge in [0.15, 0.2) is 0 Å². The SMILES string of the molecule is C=C/C=C(Br)\C=C1/Cc2ccccc2C1(CCC)CCC. The van der Waals surface area contributed by atoms with Crippen LogP contribution in [-0.2, 0) is 11.8 Å². The minimum absolute atomic E-state index is 0.230. The highest BCUT2D eigenvalue weighted by Gasteiger charge is 2.40. The Balaban J connectivity index is 2.55. The largest absolute Gasteiger partial charge is 0.0990 e. The van der Waals surface area contributed by atoms with Gasteiger partial charge in [0.05, 0.1) is 0 Å². The van der Waals surface area contributed by atoms with E-state index in [1.807, 2.05) is 12.2 Å². The third-order valence-corrected chi connectivity index (χ3v) is 4.96. The molecule has 0 heterocycles. The smallest absolute Gasteiger partial charge is 0.0175 e. The van der Waals surface area contributed by atoms with Crippen LogP contribution in [0.3, 0.4) is 0 Å². The van der Waals surface area contributed by atoms with Crippen molar-refractivity contribution in [2.24, 2.45) is 0 Å². The van der Waals surface area contributed by atoms with Crippen LogP contribution < -0.4 is 0 Å². The molecule has 0 nitrogen and oxygen atoms in total. The van der Waals surface area contributed by atoms with E-state index in [0.29, 0.717) is 0 Å². The molecule has 0 saturated heterocycles. The molecule has 0 spiro atoms. The molecule has 1 aliphatic rings. The summed E-state index contributed by atoms with van der Waals surface area (Å²) in [5.41, 5.74) is 4.84. The molecule has 0 fully saturated rings. The van der Waals surface area contributed by atoms with Crippen molar-refractivity contribution >= 4 is 15.9 Å². The van der Waals surface area contributed by atoms with Crippen LogP contribution in [-0.4, -0.2) is 0 Å². The van der Waals surface area contributed by atoms with Gasteiger partial charge in [-0.25, -0.2) is 0 Å². The Bertz CT molecular complexity index is 557. The summed E-state index contributed by atoms with van der Waals surface area (Å²) in [6.07, 6.45) is 12.2. The van der Waals surface area contributed by atoms with Gasteiger partial charge in [0.2, 0.25) is 0 Å². The molecule has 0 radical (unpaired) electrons. The summed E-state index contributed by atoms with van der Waals surface area (Å²) in [5.74, 6) is 0. The van der Waals surface area contributed by atoms with Gasteiger partial charge in [0, 0.05) is 9.90 Å². The topological polar surface area (TPSA) is 0 Å². The van der Waals surface area contributed by atoms with E-state index in [0.717, 1.165) is 10.9 Å². The van der Waals surface area contributed by atoms with Gasteiger partial charge in [-0.2, -0.15) is 0 Å². The second-order valence-electron chi connectivity index (χ2n) is 5.87. The van der Waals surface area contributed by atoms with E-state index in [-0.39, 0.29) is 5.41 Å². The Morgan fingerprint density at radius 3 is 2.52 bits per heavy atom. The standard InChI is InChI=1S/C20H25Br/c1-4-9-18(21)15-17-14-16-10-7-8-11-19(16)20(17,12-5-2)13-6-3/h4,7-11,15H,1,5-6,12-14H2,2-3H3/b17-15+,18-9+. The molecular formula is C20H25Br. The van der Waals surface area contributed by atoms with Crippen LogP contribution >= 0.6 is 15.9 Å². The van der Waals surface area contributed by atoms with Crippen molar-refractivity contribution in [3.63, 3.8) is 0 Å². The van der Waals surface area contributed by atoms with Crippen molar-refractivity contribution in [1.29, 1.82) is 0 Å². The Hall–Kier alpha value is -1.08. The fourth-order valence-corrected chi connectivity index (χ4v) is 4.24. The van der Waals surface area contributed by atoms with Gasteiger partial charge in [-0.1, -0.05) is 85.1 Å². The third kappa shape index (κ3) is 3.23. The van der Waals surface area contributed by atoms with Crippen LogP contribution in [0.1, 0.15) is 50.7 Å². The summed E-state index contributed by atoms with van der Waals surface area (Å²) in [5, 5.41) is 0. The summed E-state index contributed by atoms with van der Waals surface area (Å²) < 4.78 is 1.12. The molecule has 0 atom stereocenters. The van der Waals surface area contributed by atoms with E-state index in [4.69, 9.17) is 0 Å². The van der Waals surface area contributed by atoms with Crippen LogP contribution in [0.4, 0.5) is 0 Å². The molecule has 2 rings (SSSR count). The fraction of sp³-hybridized carbons (Fsp3) is 0.400. The van der Waals surface area contributed by atoms with Crippen LogP contribution in [0.25, 0.3) is 0 Å². The number of fused-ring (bicyclic) bond motifs is 1. The van der Waals surface area contributed by atoms with E-state index in [1.54, 1.807) is 11.1 Å². The number of benzene rings is 1. The predicted molar refractivity (Wildman–Crippen MR) is 96.9 cm³/mol. The Labute approximate surface area is 137 Å².